The van der Waals surface area contributed by atoms with Crippen LogP contribution in [0.15, 0.2) is 22.7 Å². The molecule has 4 nitrogen and oxygen atoms in total. The van der Waals surface area contributed by atoms with Crippen LogP contribution in [0.5, 0.6) is 5.75 Å². The largest absolute Gasteiger partial charge is 0.490 e. The number of hydrogen-bond donors (Lipinski definition) is 2. The van der Waals surface area contributed by atoms with Gasteiger partial charge in [-0.15, -0.1) is 0 Å². The zero-order valence-electron chi connectivity index (χ0n) is 9.83. The van der Waals surface area contributed by atoms with E-state index in [4.69, 9.17) is 20.6 Å². The van der Waals surface area contributed by atoms with Crippen molar-refractivity contribution in [1.82, 2.24) is 0 Å². The van der Waals surface area contributed by atoms with E-state index in [-0.39, 0.29) is 5.84 Å². The SMILES string of the molecule is CCCOCCOc1ccc(Br)cc1C(=N)N. The minimum absolute atomic E-state index is 0.00391. The van der Waals surface area contributed by atoms with Crippen LogP contribution in [0.1, 0.15) is 18.9 Å². The van der Waals surface area contributed by atoms with Crippen molar-refractivity contribution in [3.8, 4) is 5.75 Å². The molecular formula is C12H17BrN2O2. The molecule has 0 spiro atoms. The van der Waals surface area contributed by atoms with Gasteiger partial charge in [-0.05, 0) is 24.6 Å². The van der Waals surface area contributed by atoms with Crippen molar-refractivity contribution in [2.75, 3.05) is 19.8 Å². The lowest BCUT2D eigenvalue weighted by Crippen LogP contribution is -2.15. The van der Waals surface area contributed by atoms with Crippen molar-refractivity contribution in [2.45, 2.75) is 13.3 Å². The highest BCUT2D eigenvalue weighted by Gasteiger charge is 2.07. The van der Waals surface area contributed by atoms with Gasteiger partial charge in [0, 0.05) is 11.1 Å². The molecule has 5 heteroatoms. The minimum atomic E-state index is -0.00391. The second-order valence-corrected chi connectivity index (χ2v) is 4.43. The van der Waals surface area contributed by atoms with E-state index in [2.05, 4.69) is 22.9 Å². The molecule has 0 amide bonds. The predicted octanol–water partition coefficient (Wildman–Crippen LogP) is 2.54. The summed E-state index contributed by atoms with van der Waals surface area (Å²) in [5, 5.41) is 7.46. The monoisotopic (exact) mass is 300 g/mol. The molecule has 0 radical (unpaired) electrons. The molecule has 94 valence electrons. The van der Waals surface area contributed by atoms with Crippen LogP contribution in [0, 0.1) is 5.41 Å². The third kappa shape index (κ3) is 4.75. The number of hydrogen-bond acceptors (Lipinski definition) is 3. The van der Waals surface area contributed by atoms with Crippen molar-refractivity contribution < 1.29 is 9.47 Å². The van der Waals surface area contributed by atoms with E-state index < -0.39 is 0 Å². The van der Waals surface area contributed by atoms with Gasteiger partial charge in [-0.3, -0.25) is 5.41 Å². The Balaban J connectivity index is 2.55. The number of nitrogens with one attached hydrogen (secondary N) is 1. The van der Waals surface area contributed by atoms with E-state index in [0.29, 0.717) is 24.5 Å². The molecule has 0 aromatic heterocycles. The second kappa shape index (κ2) is 7.29. The fraction of sp³-hybridized carbons (Fsp3) is 0.417. The van der Waals surface area contributed by atoms with Crippen LogP contribution in [0.3, 0.4) is 0 Å². The lowest BCUT2D eigenvalue weighted by atomic mass is 10.2. The van der Waals surface area contributed by atoms with E-state index in [0.717, 1.165) is 17.5 Å². The molecular weight excluding hydrogens is 284 g/mol. The zero-order valence-corrected chi connectivity index (χ0v) is 11.4. The first-order chi connectivity index (χ1) is 8.15. The number of nitrogens with two attached hydrogens (primary N) is 1. The Morgan fingerprint density at radius 2 is 2.12 bits per heavy atom. The van der Waals surface area contributed by atoms with Crippen molar-refractivity contribution in [3.63, 3.8) is 0 Å². The molecule has 3 N–H and O–H groups in total. The summed E-state index contributed by atoms with van der Waals surface area (Å²) < 4.78 is 11.7. The first-order valence-corrected chi connectivity index (χ1v) is 6.29. The van der Waals surface area contributed by atoms with Crippen molar-refractivity contribution in [1.29, 1.82) is 5.41 Å². The first kappa shape index (κ1) is 14.0. The Kier molecular flexibility index (Phi) is 6.00. The summed E-state index contributed by atoms with van der Waals surface area (Å²) in [5.41, 5.74) is 6.08. The quantitative estimate of drug-likeness (QED) is 0.462. The predicted molar refractivity (Wildman–Crippen MR) is 71.8 cm³/mol. The van der Waals surface area contributed by atoms with Crippen molar-refractivity contribution in [3.05, 3.63) is 28.2 Å². The molecule has 1 rings (SSSR count). The van der Waals surface area contributed by atoms with Crippen LogP contribution >= 0.6 is 15.9 Å². The molecule has 0 aliphatic rings. The molecule has 0 saturated heterocycles. The minimum Gasteiger partial charge on any atom is -0.490 e. The van der Waals surface area contributed by atoms with Crippen LogP contribution < -0.4 is 10.5 Å². The molecule has 1 aromatic rings. The van der Waals surface area contributed by atoms with E-state index in [1.54, 1.807) is 12.1 Å². The number of amidine groups is 1. The first-order valence-electron chi connectivity index (χ1n) is 5.49. The van der Waals surface area contributed by atoms with Crippen molar-refractivity contribution in [2.24, 2.45) is 5.73 Å². The van der Waals surface area contributed by atoms with E-state index in [1.807, 2.05) is 6.07 Å². The third-order valence-electron chi connectivity index (χ3n) is 2.07. The molecule has 0 aliphatic heterocycles. The lowest BCUT2D eigenvalue weighted by Gasteiger charge is -2.11. The molecule has 17 heavy (non-hydrogen) atoms. The van der Waals surface area contributed by atoms with Gasteiger partial charge in [0.15, 0.2) is 0 Å². The number of rotatable bonds is 7. The highest BCUT2D eigenvalue weighted by molar-refractivity contribution is 9.10. The molecule has 0 fully saturated rings. The summed E-state index contributed by atoms with van der Waals surface area (Å²) >= 11 is 3.33. The van der Waals surface area contributed by atoms with Gasteiger partial charge in [-0.1, -0.05) is 22.9 Å². The van der Waals surface area contributed by atoms with Gasteiger partial charge in [0.25, 0.3) is 0 Å². The maximum atomic E-state index is 7.46. The maximum absolute atomic E-state index is 7.46. The Labute approximate surface area is 110 Å². The number of ether oxygens (including phenoxy) is 2. The fourth-order valence-electron chi connectivity index (χ4n) is 1.30. The Hall–Kier alpha value is -1.07. The molecule has 0 heterocycles. The zero-order chi connectivity index (χ0) is 12.7. The summed E-state index contributed by atoms with van der Waals surface area (Å²) in [6.45, 7) is 3.80. The molecule has 1 aromatic carbocycles. The van der Waals surface area contributed by atoms with Crippen LogP contribution in [0.2, 0.25) is 0 Å². The highest BCUT2D eigenvalue weighted by Crippen LogP contribution is 2.22. The highest BCUT2D eigenvalue weighted by atomic mass is 79.9. The molecule has 0 unspecified atom stereocenters. The standard InChI is InChI=1S/C12H17BrN2O2/c1-2-5-16-6-7-17-11-4-3-9(13)8-10(11)12(14)15/h3-4,8H,2,5-7H2,1H3,(H3,14,15). The average Bonchev–Trinajstić information content (AvgIpc) is 2.30. The number of nitrogen functional groups attached to an aromatic ring is 1. The Morgan fingerprint density at radius 3 is 2.76 bits per heavy atom. The summed E-state index contributed by atoms with van der Waals surface area (Å²) in [7, 11) is 0. The van der Waals surface area contributed by atoms with Crippen LogP contribution in [-0.4, -0.2) is 25.7 Å². The van der Waals surface area contributed by atoms with Crippen LogP contribution in [0.25, 0.3) is 0 Å². The molecule has 0 saturated carbocycles. The van der Waals surface area contributed by atoms with Gasteiger partial charge in [-0.25, -0.2) is 0 Å². The maximum Gasteiger partial charge on any atom is 0.130 e. The van der Waals surface area contributed by atoms with E-state index >= 15 is 0 Å². The van der Waals surface area contributed by atoms with Gasteiger partial charge < -0.3 is 15.2 Å². The number of benzene rings is 1. The summed E-state index contributed by atoms with van der Waals surface area (Å²) in [4.78, 5) is 0. The second-order valence-electron chi connectivity index (χ2n) is 3.51. The van der Waals surface area contributed by atoms with Crippen LogP contribution in [-0.2, 0) is 4.74 Å². The molecule has 0 aliphatic carbocycles. The average molecular weight is 301 g/mol. The Bertz CT molecular complexity index is 383. The lowest BCUT2D eigenvalue weighted by molar-refractivity contribution is 0.101. The van der Waals surface area contributed by atoms with E-state index in [1.165, 1.54) is 0 Å². The summed E-state index contributed by atoms with van der Waals surface area (Å²) in [6.07, 6.45) is 0.997. The Morgan fingerprint density at radius 1 is 1.35 bits per heavy atom. The third-order valence-corrected chi connectivity index (χ3v) is 2.56. The van der Waals surface area contributed by atoms with Crippen molar-refractivity contribution >= 4 is 21.8 Å². The van der Waals surface area contributed by atoms with Gasteiger partial charge in [0.2, 0.25) is 0 Å². The normalized spacial score (nSPS) is 10.2. The molecule has 0 bridgehead atoms. The molecule has 0 atom stereocenters. The summed E-state index contributed by atoms with van der Waals surface area (Å²) in [6, 6.07) is 5.42. The van der Waals surface area contributed by atoms with Gasteiger partial charge in [0.05, 0.1) is 12.2 Å². The van der Waals surface area contributed by atoms with Crippen LogP contribution in [0.4, 0.5) is 0 Å². The van der Waals surface area contributed by atoms with Gasteiger partial charge >= 0.3 is 0 Å². The van der Waals surface area contributed by atoms with E-state index in [9.17, 15) is 0 Å². The van der Waals surface area contributed by atoms with Gasteiger partial charge in [-0.2, -0.15) is 0 Å². The smallest absolute Gasteiger partial charge is 0.130 e. The number of halogens is 1. The fourth-order valence-corrected chi connectivity index (χ4v) is 1.66. The topological polar surface area (TPSA) is 68.3 Å². The summed E-state index contributed by atoms with van der Waals surface area (Å²) in [5.74, 6) is 0.608. The van der Waals surface area contributed by atoms with Gasteiger partial charge in [0.1, 0.15) is 18.2 Å².